The predicted octanol–water partition coefficient (Wildman–Crippen LogP) is 2.43. The number of carbonyl (C=O) groups is 3. The van der Waals surface area contributed by atoms with Crippen LogP contribution >= 0.6 is 0 Å². The third kappa shape index (κ3) is 3.96. The van der Waals surface area contributed by atoms with Crippen molar-refractivity contribution in [3.05, 3.63) is 24.3 Å². The van der Waals surface area contributed by atoms with E-state index < -0.39 is 35.0 Å². The third-order valence-corrected chi connectivity index (χ3v) is 8.42. The van der Waals surface area contributed by atoms with E-state index in [1.54, 1.807) is 6.92 Å². The van der Waals surface area contributed by atoms with Crippen molar-refractivity contribution in [1.29, 1.82) is 0 Å². The minimum atomic E-state index is -1.12. The quantitative estimate of drug-likeness (QED) is 0.474. The minimum Gasteiger partial charge on any atom is -0.466 e. The molecule has 2 amide bonds. The first-order valence-electron chi connectivity index (χ1n) is 13.1. The number of aliphatic hydroxyl groups excluding tert-OH is 1. The summed E-state index contributed by atoms with van der Waals surface area (Å²) in [5, 5.41) is 12.5. The van der Waals surface area contributed by atoms with Crippen molar-refractivity contribution >= 4 is 29.2 Å². The smallest absolute Gasteiger partial charge is 0.312 e. The monoisotopic (exact) mass is 501 g/mol. The lowest BCUT2D eigenvalue weighted by molar-refractivity contribution is -0.160. The summed E-state index contributed by atoms with van der Waals surface area (Å²) >= 11 is 0. The molecule has 6 atom stereocenters. The Balaban J connectivity index is 1.67. The van der Waals surface area contributed by atoms with E-state index in [4.69, 9.17) is 9.47 Å². The maximum Gasteiger partial charge on any atom is 0.312 e. The molecule has 36 heavy (non-hydrogen) atoms. The van der Waals surface area contributed by atoms with Gasteiger partial charge in [-0.1, -0.05) is 6.92 Å². The molecule has 1 aromatic carbocycles. The van der Waals surface area contributed by atoms with Crippen molar-refractivity contribution in [2.24, 2.45) is 17.8 Å². The second kappa shape index (κ2) is 10.0. The predicted molar refractivity (Wildman–Crippen MR) is 135 cm³/mol. The van der Waals surface area contributed by atoms with Gasteiger partial charge < -0.3 is 29.7 Å². The summed E-state index contributed by atoms with van der Waals surface area (Å²) in [5.74, 6) is -2.71. The van der Waals surface area contributed by atoms with Gasteiger partial charge in [0.1, 0.15) is 17.6 Å². The number of aliphatic hydroxyl groups is 1. The second-order valence-corrected chi connectivity index (χ2v) is 10.3. The molecule has 3 heterocycles. The van der Waals surface area contributed by atoms with Gasteiger partial charge in [0.2, 0.25) is 11.8 Å². The lowest BCUT2D eigenvalue weighted by Gasteiger charge is -2.35. The Labute approximate surface area is 213 Å². The van der Waals surface area contributed by atoms with Gasteiger partial charge in [-0.15, -0.1) is 0 Å². The fraction of sp³-hybridized carbons (Fsp3) is 0.667. The summed E-state index contributed by atoms with van der Waals surface area (Å²) in [6.07, 6.45) is 0.818. The fourth-order valence-corrected chi connectivity index (χ4v) is 6.67. The highest BCUT2D eigenvalue weighted by Gasteiger charge is 2.80. The molecule has 1 spiro atoms. The molecule has 3 saturated heterocycles. The molecule has 1 aromatic rings. The van der Waals surface area contributed by atoms with Crippen LogP contribution in [0.4, 0.5) is 11.4 Å². The number of nitrogens with one attached hydrogen (secondary N) is 1. The van der Waals surface area contributed by atoms with Crippen LogP contribution in [0, 0.1) is 17.8 Å². The molecule has 0 radical (unpaired) electrons. The van der Waals surface area contributed by atoms with Gasteiger partial charge in [0.25, 0.3) is 0 Å². The Kier molecular flexibility index (Phi) is 7.35. The van der Waals surface area contributed by atoms with E-state index in [1.165, 1.54) is 4.90 Å². The molecule has 9 nitrogen and oxygen atoms in total. The molecule has 3 unspecified atom stereocenters. The van der Waals surface area contributed by atoms with Crippen molar-refractivity contribution in [3.63, 3.8) is 0 Å². The summed E-state index contributed by atoms with van der Waals surface area (Å²) in [6, 6.07) is 6.73. The number of hydrogen-bond acceptors (Lipinski definition) is 7. The number of fused-ring (bicyclic) bond motifs is 1. The highest BCUT2D eigenvalue weighted by molar-refractivity contribution is 6.03. The molecular formula is C27H39N3O6. The van der Waals surface area contributed by atoms with Crippen molar-refractivity contribution in [1.82, 2.24) is 4.90 Å². The van der Waals surface area contributed by atoms with Crippen molar-refractivity contribution in [2.75, 3.05) is 43.1 Å². The molecule has 0 aliphatic carbocycles. The summed E-state index contributed by atoms with van der Waals surface area (Å²) in [6.45, 7) is 11.8. The van der Waals surface area contributed by atoms with Crippen LogP contribution in [0.3, 0.4) is 0 Å². The number of carbonyl (C=O) groups excluding carboxylic acids is 3. The highest BCUT2D eigenvalue weighted by atomic mass is 16.6. The van der Waals surface area contributed by atoms with E-state index in [0.717, 1.165) is 18.8 Å². The van der Waals surface area contributed by atoms with Crippen LogP contribution in [0.5, 0.6) is 0 Å². The second-order valence-electron chi connectivity index (χ2n) is 10.3. The van der Waals surface area contributed by atoms with Gasteiger partial charge in [0.05, 0.1) is 18.1 Å². The molecule has 3 aliphatic heterocycles. The highest BCUT2D eigenvalue weighted by Crippen LogP contribution is 2.65. The zero-order valence-corrected chi connectivity index (χ0v) is 22.0. The maximum absolute atomic E-state index is 13.8. The van der Waals surface area contributed by atoms with Gasteiger partial charge in [-0.2, -0.15) is 0 Å². The van der Waals surface area contributed by atoms with E-state index in [-0.39, 0.29) is 37.5 Å². The van der Waals surface area contributed by atoms with Gasteiger partial charge in [0, 0.05) is 37.6 Å². The van der Waals surface area contributed by atoms with Crippen LogP contribution < -0.4 is 10.2 Å². The molecular weight excluding hydrogens is 462 g/mol. The van der Waals surface area contributed by atoms with Gasteiger partial charge in [-0.3, -0.25) is 14.4 Å². The molecule has 0 aromatic heterocycles. The van der Waals surface area contributed by atoms with Crippen LogP contribution in [0.15, 0.2) is 24.3 Å². The van der Waals surface area contributed by atoms with Crippen LogP contribution in [0.25, 0.3) is 0 Å². The first kappa shape index (κ1) is 26.4. The van der Waals surface area contributed by atoms with Crippen LogP contribution in [-0.4, -0.2) is 77.9 Å². The van der Waals surface area contributed by atoms with Crippen LogP contribution in [0.1, 0.15) is 47.5 Å². The van der Waals surface area contributed by atoms with Gasteiger partial charge in [-0.25, -0.2) is 0 Å². The van der Waals surface area contributed by atoms with Crippen LogP contribution in [0.2, 0.25) is 0 Å². The van der Waals surface area contributed by atoms with Crippen molar-refractivity contribution < 1.29 is 29.0 Å². The van der Waals surface area contributed by atoms with E-state index >= 15 is 0 Å². The summed E-state index contributed by atoms with van der Waals surface area (Å²) < 4.78 is 12.0. The van der Waals surface area contributed by atoms with E-state index in [2.05, 4.69) is 24.1 Å². The number of anilines is 2. The first-order chi connectivity index (χ1) is 17.2. The number of likely N-dealkylation sites (tertiary alicyclic amines) is 1. The zero-order valence-electron chi connectivity index (χ0n) is 22.0. The number of ether oxygens (including phenoxy) is 2. The van der Waals surface area contributed by atoms with Gasteiger partial charge >= 0.3 is 5.97 Å². The molecule has 3 aliphatic rings. The number of rotatable bonds is 10. The number of amides is 2. The number of hydrogen-bond donors (Lipinski definition) is 2. The SMILES string of the molecule is CCOC(=O)[C@@H]1[C@H]2C(=O)N(CCCO)C(C(=O)Nc3ccc(N(CC)CC)cc3)C23CC(C)[C@@]1(C)O3. The Morgan fingerprint density at radius 3 is 2.47 bits per heavy atom. The van der Waals surface area contributed by atoms with Gasteiger partial charge in [0.15, 0.2) is 0 Å². The lowest BCUT2D eigenvalue weighted by Crippen LogP contribution is -2.54. The molecule has 0 saturated carbocycles. The standard InChI is InChI=1S/C27H39N3O6/c1-6-29(7-2)19-12-10-18(11-13-19)28-23(32)22-27-16-17(4)26(5,36-27)21(25(34)35-8-3)20(27)24(33)30(22)14-9-15-31/h10-13,17,20-22,31H,6-9,14-16H2,1-5H3,(H,28,32)/t17?,20-,21-,22?,26+,27?/m0/s1. The largest absolute Gasteiger partial charge is 0.466 e. The number of nitrogens with zero attached hydrogens (tertiary/aromatic N) is 2. The summed E-state index contributed by atoms with van der Waals surface area (Å²) in [4.78, 5) is 44.4. The maximum atomic E-state index is 13.8. The normalized spacial score (nSPS) is 32.5. The average molecular weight is 502 g/mol. The zero-order chi connectivity index (χ0) is 26.3. The number of esters is 1. The molecule has 2 N–H and O–H groups in total. The Morgan fingerprint density at radius 1 is 1.22 bits per heavy atom. The van der Waals surface area contributed by atoms with E-state index in [0.29, 0.717) is 18.5 Å². The third-order valence-electron chi connectivity index (χ3n) is 8.42. The average Bonchev–Trinajstić information content (AvgIpc) is 3.36. The Bertz CT molecular complexity index is 996. The lowest BCUT2D eigenvalue weighted by atomic mass is 9.62. The minimum absolute atomic E-state index is 0.0441. The van der Waals surface area contributed by atoms with Crippen molar-refractivity contribution in [3.8, 4) is 0 Å². The van der Waals surface area contributed by atoms with E-state index in [1.807, 2.05) is 38.1 Å². The van der Waals surface area contributed by atoms with Crippen molar-refractivity contribution in [2.45, 2.75) is 64.7 Å². The molecule has 9 heteroatoms. The molecule has 2 bridgehead atoms. The molecule has 3 fully saturated rings. The summed E-state index contributed by atoms with van der Waals surface area (Å²) in [5.41, 5.74) is -0.323. The van der Waals surface area contributed by atoms with Gasteiger partial charge in [-0.05, 0) is 70.7 Å². The Hall–Kier alpha value is -2.65. The molecule has 4 rings (SSSR count). The fourth-order valence-electron chi connectivity index (χ4n) is 6.67. The van der Waals surface area contributed by atoms with Crippen LogP contribution in [-0.2, 0) is 23.9 Å². The first-order valence-corrected chi connectivity index (χ1v) is 13.1. The molecule has 198 valence electrons. The topological polar surface area (TPSA) is 108 Å². The summed E-state index contributed by atoms with van der Waals surface area (Å²) in [7, 11) is 0. The van der Waals surface area contributed by atoms with E-state index in [9.17, 15) is 19.5 Å². The number of benzene rings is 1. The Morgan fingerprint density at radius 2 is 1.89 bits per heavy atom.